The number of carbonyl (C=O) groups excluding carboxylic acids is 3. The van der Waals surface area contributed by atoms with Crippen LogP contribution in [-0.2, 0) is 28.6 Å². The zero-order valence-electron chi connectivity index (χ0n) is 47.5. The third kappa shape index (κ3) is 58.1. The Hall–Kier alpha value is -2.63. The molecular weight excluding hydrogens is 877 g/mol. The number of unbranched alkanes of at least 4 members (excludes halogenated alkanes) is 38. The molecule has 0 saturated carbocycles. The monoisotopic (exact) mass is 995 g/mol. The highest BCUT2D eigenvalue weighted by Gasteiger charge is 2.19. The first-order chi connectivity index (χ1) is 35.0. The molecule has 0 heterocycles. The highest BCUT2D eigenvalue weighted by Crippen LogP contribution is 2.17. The molecular formula is C65H118O6. The molecule has 0 radical (unpaired) electrons. The SMILES string of the molecule is CC/C=C\C/C=C\C/C=C\C/C=C\CCCCCCC(=O)OCC(COC(=O)CCCCCCCCCCCCCCCCCCCC)OC(=O)CCCCCCCCCCCCCCCCCCCC. The molecule has 1 atom stereocenters. The van der Waals surface area contributed by atoms with Crippen LogP contribution in [-0.4, -0.2) is 37.2 Å². The number of hydrogen-bond acceptors (Lipinski definition) is 6. The van der Waals surface area contributed by atoms with E-state index in [4.69, 9.17) is 14.2 Å². The maximum atomic E-state index is 12.9. The highest BCUT2D eigenvalue weighted by atomic mass is 16.6. The first kappa shape index (κ1) is 68.4. The lowest BCUT2D eigenvalue weighted by molar-refractivity contribution is -0.167. The molecule has 0 aliphatic heterocycles. The van der Waals surface area contributed by atoms with Crippen molar-refractivity contribution >= 4 is 17.9 Å². The molecule has 6 heteroatoms. The summed E-state index contributed by atoms with van der Waals surface area (Å²) in [7, 11) is 0. The summed E-state index contributed by atoms with van der Waals surface area (Å²) in [6.07, 6.45) is 73.9. The lowest BCUT2D eigenvalue weighted by atomic mass is 10.0. The molecule has 0 amide bonds. The van der Waals surface area contributed by atoms with Crippen molar-refractivity contribution in [2.45, 2.75) is 335 Å². The minimum absolute atomic E-state index is 0.0761. The molecule has 0 spiro atoms. The van der Waals surface area contributed by atoms with E-state index in [0.29, 0.717) is 19.3 Å². The summed E-state index contributed by atoms with van der Waals surface area (Å²) in [4.78, 5) is 38.3. The molecule has 0 aliphatic carbocycles. The van der Waals surface area contributed by atoms with E-state index in [1.807, 2.05) is 0 Å². The smallest absolute Gasteiger partial charge is 0.306 e. The van der Waals surface area contributed by atoms with Crippen LogP contribution in [0.2, 0.25) is 0 Å². The van der Waals surface area contributed by atoms with Gasteiger partial charge in [-0.25, -0.2) is 0 Å². The maximum Gasteiger partial charge on any atom is 0.306 e. The van der Waals surface area contributed by atoms with E-state index < -0.39 is 6.10 Å². The summed E-state index contributed by atoms with van der Waals surface area (Å²) in [5, 5.41) is 0. The van der Waals surface area contributed by atoms with Crippen LogP contribution in [0.1, 0.15) is 329 Å². The lowest BCUT2D eigenvalue weighted by Crippen LogP contribution is -2.30. The summed E-state index contributed by atoms with van der Waals surface area (Å²) >= 11 is 0. The second-order valence-electron chi connectivity index (χ2n) is 21.0. The molecule has 0 aromatic rings. The Labute approximate surface area is 441 Å². The Morgan fingerprint density at radius 1 is 0.296 bits per heavy atom. The molecule has 0 fully saturated rings. The van der Waals surface area contributed by atoms with Gasteiger partial charge in [0.2, 0.25) is 0 Å². The van der Waals surface area contributed by atoms with E-state index in [0.717, 1.165) is 96.3 Å². The standard InChI is InChI=1S/C65H118O6/c1-4-7-10-13-16-19-22-25-28-31-34-37-40-43-46-49-52-55-58-64(67)70-61-62(60-69-63(66)57-54-51-48-45-42-39-36-33-30-27-24-21-18-15-12-9-6-3)71-65(68)59-56-53-50-47-44-41-38-35-32-29-26-23-20-17-14-11-8-5-2/h9,12,18,21,27,30,36,39,62H,4-8,10-11,13-17,19-20,22-26,28-29,31-35,37-38,40-61H2,1-3H3/b12-9-,21-18-,30-27-,39-36-. The topological polar surface area (TPSA) is 78.9 Å². The number of rotatable bonds is 57. The van der Waals surface area contributed by atoms with Gasteiger partial charge < -0.3 is 14.2 Å². The Kier molecular flexibility index (Phi) is 57.7. The Morgan fingerprint density at radius 3 is 0.859 bits per heavy atom. The number of ether oxygens (including phenoxy) is 3. The zero-order chi connectivity index (χ0) is 51.4. The first-order valence-electron chi connectivity index (χ1n) is 31.1. The van der Waals surface area contributed by atoms with Gasteiger partial charge in [0.25, 0.3) is 0 Å². The molecule has 71 heavy (non-hydrogen) atoms. The summed E-state index contributed by atoms with van der Waals surface area (Å²) in [6.45, 7) is 6.57. The molecule has 0 N–H and O–H groups in total. The molecule has 1 unspecified atom stereocenters. The predicted octanol–water partition coefficient (Wildman–Crippen LogP) is 21.0. The van der Waals surface area contributed by atoms with Crippen molar-refractivity contribution in [1.82, 2.24) is 0 Å². The third-order valence-electron chi connectivity index (χ3n) is 13.8. The minimum Gasteiger partial charge on any atom is -0.462 e. The van der Waals surface area contributed by atoms with Crippen molar-refractivity contribution in [1.29, 1.82) is 0 Å². The van der Waals surface area contributed by atoms with Crippen LogP contribution in [0.25, 0.3) is 0 Å². The van der Waals surface area contributed by atoms with Crippen molar-refractivity contribution in [2.75, 3.05) is 13.2 Å². The fraction of sp³-hybridized carbons (Fsp3) is 0.831. The van der Waals surface area contributed by atoms with Crippen LogP contribution in [0.4, 0.5) is 0 Å². The fourth-order valence-corrected chi connectivity index (χ4v) is 9.20. The Balaban J connectivity index is 4.36. The van der Waals surface area contributed by atoms with E-state index in [1.165, 1.54) is 193 Å². The molecule has 6 nitrogen and oxygen atoms in total. The lowest BCUT2D eigenvalue weighted by Gasteiger charge is -2.18. The fourth-order valence-electron chi connectivity index (χ4n) is 9.20. The summed E-state index contributed by atoms with van der Waals surface area (Å²) < 4.78 is 16.9. The van der Waals surface area contributed by atoms with Crippen molar-refractivity contribution in [3.05, 3.63) is 48.6 Å². The average molecular weight is 996 g/mol. The summed E-state index contributed by atoms with van der Waals surface area (Å²) in [5.74, 6) is -0.878. The van der Waals surface area contributed by atoms with Crippen molar-refractivity contribution < 1.29 is 28.6 Å². The number of hydrogen-bond donors (Lipinski definition) is 0. The molecule has 0 saturated heterocycles. The summed E-state index contributed by atoms with van der Waals surface area (Å²) in [5.41, 5.74) is 0. The van der Waals surface area contributed by atoms with Crippen LogP contribution >= 0.6 is 0 Å². The van der Waals surface area contributed by atoms with Gasteiger partial charge in [0, 0.05) is 19.3 Å². The van der Waals surface area contributed by atoms with Gasteiger partial charge in [-0.15, -0.1) is 0 Å². The Morgan fingerprint density at radius 2 is 0.549 bits per heavy atom. The van der Waals surface area contributed by atoms with Gasteiger partial charge >= 0.3 is 17.9 Å². The van der Waals surface area contributed by atoms with Gasteiger partial charge in [-0.05, 0) is 57.8 Å². The van der Waals surface area contributed by atoms with Crippen molar-refractivity contribution in [2.24, 2.45) is 0 Å². The van der Waals surface area contributed by atoms with Gasteiger partial charge in [-0.1, -0.05) is 301 Å². The van der Waals surface area contributed by atoms with Gasteiger partial charge in [0.05, 0.1) is 0 Å². The second-order valence-corrected chi connectivity index (χ2v) is 21.0. The highest BCUT2D eigenvalue weighted by molar-refractivity contribution is 5.71. The van der Waals surface area contributed by atoms with Gasteiger partial charge in [0.1, 0.15) is 13.2 Å². The number of esters is 3. The molecule has 0 aliphatic rings. The minimum atomic E-state index is -0.780. The van der Waals surface area contributed by atoms with Gasteiger partial charge in [-0.3, -0.25) is 14.4 Å². The van der Waals surface area contributed by atoms with E-state index in [2.05, 4.69) is 69.4 Å². The zero-order valence-corrected chi connectivity index (χ0v) is 47.5. The van der Waals surface area contributed by atoms with Crippen LogP contribution in [0, 0.1) is 0 Å². The third-order valence-corrected chi connectivity index (χ3v) is 13.8. The molecule has 0 bridgehead atoms. The molecule has 0 rings (SSSR count). The number of carbonyl (C=O) groups is 3. The van der Waals surface area contributed by atoms with Crippen molar-refractivity contribution in [3.63, 3.8) is 0 Å². The average Bonchev–Trinajstić information content (AvgIpc) is 3.37. The summed E-state index contributed by atoms with van der Waals surface area (Å²) in [6, 6.07) is 0. The maximum absolute atomic E-state index is 12.9. The molecule has 0 aromatic heterocycles. The largest absolute Gasteiger partial charge is 0.462 e. The van der Waals surface area contributed by atoms with Crippen LogP contribution in [0.3, 0.4) is 0 Å². The molecule has 414 valence electrons. The Bertz CT molecular complexity index is 1230. The quantitative estimate of drug-likeness (QED) is 0.0261. The van der Waals surface area contributed by atoms with E-state index in [9.17, 15) is 14.4 Å². The predicted molar refractivity (Wildman–Crippen MR) is 307 cm³/mol. The molecule has 0 aromatic carbocycles. The first-order valence-corrected chi connectivity index (χ1v) is 31.1. The van der Waals surface area contributed by atoms with Crippen LogP contribution in [0.15, 0.2) is 48.6 Å². The second kappa shape index (κ2) is 59.9. The normalized spacial score (nSPS) is 12.3. The van der Waals surface area contributed by atoms with Gasteiger partial charge in [-0.2, -0.15) is 0 Å². The van der Waals surface area contributed by atoms with E-state index >= 15 is 0 Å². The number of allylic oxidation sites excluding steroid dienone is 8. The van der Waals surface area contributed by atoms with Crippen molar-refractivity contribution in [3.8, 4) is 0 Å². The van der Waals surface area contributed by atoms with Gasteiger partial charge in [0.15, 0.2) is 6.10 Å². The van der Waals surface area contributed by atoms with E-state index in [1.54, 1.807) is 0 Å². The van der Waals surface area contributed by atoms with Crippen LogP contribution < -0.4 is 0 Å². The van der Waals surface area contributed by atoms with Crippen LogP contribution in [0.5, 0.6) is 0 Å². The van der Waals surface area contributed by atoms with E-state index in [-0.39, 0.29) is 31.1 Å².